The molecular formula is C19H20FN3O3. The van der Waals surface area contributed by atoms with Gasteiger partial charge in [0, 0.05) is 18.9 Å². The van der Waals surface area contributed by atoms with Crippen LogP contribution in [0.2, 0.25) is 0 Å². The summed E-state index contributed by atoms with van der Waals surface area (Å²) in [5, 5.41) is 0. The zero-order valence-electron chi connectivity index (χ0n) is 14.4. The van der Waals surface area contributed by atoms with E-state index in [-0.39, 0.29) is 24.9 Å². The minimum absolute atomic E-state index is 0.101. The number of carbonyl (C=O) groups is 2. The lowest BCUT2D eigenvalue weighted by Crippen LogP contribution is -2.58. The lowest BCUT2D eigenvalue weighted by atomic mass is 10.0. The second-order valence-corrected chi connectivity index (χ2v) is 6.56. The second-order valence-electron chi connectivity index (χ2n) is 6.56. The van der Waals surface area contributed by atoms with E-state index in [9.17, 15) is 14.0 Å². The molecule has 1 aromatic carbocycles. The van der Waals surface area contributed by atoms with Crippen LogP contribution in [0.5, 0.6) is 0 Å². The summed E-state index contributed by atoms with van der Waals surface area (Å²) in [6.45, 7) is 2.30. The first-order valence-electron chi connectivity index (χ1n) is 8.29. The number of primary amides is 1. The molecule has 1 fully saturated rings. The minimum Gasteiger partial charge on any atom is -0.367 e. The topological polar surface area (TPSA) is 85.5 Å². The molecule has 136 valence electrons. The van der Waals surface area contributed by atoms with E-state index >= 15 is 0 Å². The van der Waals surface area contributed by atoms with Crippen LogP contribution in [0.25, 0.3) is 0 Å². The van der Waals surface area contributed by atoms with E-state index in [4.69, 9.17) is 10.5 Å². The standard InChI is InChI=1S/C19H20FN3O3/c1-19(18(21)25)12-23(6-7-26-19)17(24)15-9-14(10-22-11-15)8-13-2-4-16(20)5-3-13/h2-5,9-11H,6-8,12H2,1H3,(H2,21,25)/t19-/m0/s1. The molecule has 0 radical (unpaired) electrons. The molecule has 0 bridgehead atoms. The Balaban J connectivity index is 1.75. The number of hydrogen-bond donors (Lipinski definition) is 1. The third kappa shape index (κ3) is 3.88. The summed E-state index contributed by atoms with van der Waals surface area (Å²) in [5.74, 6) is -1.12. The van der Waals surface area contributed by atoms with Crippen molar-refractivity contribution in [3.63, 3.8) is 0 Å². The average Bonchev–Trinajstić information content (AvgIpc) is 2.63. The first-order chi connectivity index (χ1) is 12.4. The van der Waals surface area contributed by atoms with Gasteiger partial charge >= 0.3 is 0 Å². The highest BCUT2D eigenvalue weighted by Gasteiger charge is 2.39. The highest BCUT2D eigenvalue weighted by molar-refractivity contribution is 5.95. The summed E-state index contributed by atoms with van der Waals surface area (Å²) in [6.07, 6.45) is 3.71. The number of rotatable bonds is 4. The van der Waals surface area contributed by atoms with Gasteiger partial charge in [-0.25, -0.2) is 4.39 Å². The molecule has 2 heterocycles. The summed E-state index contributed by atoms with van der Waals surface area (Å²) in [5.41, 5.74) is 6.39. The number of morpholine rings is 1. The van der Waals surface area contributed by atoms with Crippen LogP contribution in [0.4, 0.5) is 4.39 Å². The highest BCUT2D eigenvalue weighted by atomic mass is 19.1. The molecule has 6 nitrogen and oxygen atoms in total. The van der Waals surface area contributed by atoms with E-state index in [1.54, 1.807) is 36.2 Å². The Kier molecular flexibility index (Phi) is 4.99. The molecule has 2 aromatic rings. The average molecular weight is 357 g/mol. The second kappa shape index (κ2) is 7.21. The normalized spacial score (nSPS) is 20.0. The van der Waals surface area contributed by atoms with Crippen LogP contribution in [0.3, 0.4) is 0 Å². The largest absolute Gasteiger partial charge is 0.367 e. The maximum absolute atomic E-state index is 13.0. The number of carbonyl (C=O) groups excluding carboxylic acids is 2. The van der Waals surface area contributed by atoms with Crippen LogP contribution >= 0.6 is 0 Å². The first-order valence-corrected chi connectivity index (χ1v) is 8.29. The van der Waals surface area contributed by atoms with Crippen molar-refractivity contribution in [1.82, 2.24) is 9.88 Å². The first kappa shape index (κ1) is 18.0. The van der Waals surface area contributed by atoms with E-state index in [0.29, 0.717) is 18.5 Å². The van der Waals surface area contributed by atoms with Gasteiger partial charge in [0.05, 0.1) is 18.7 Å². The SMILES string of the molecule is C[C@@]1(C(N)=O)CN(C(=O)c2cncc(Cc3ccc(F)cc3)c2)CCO1. The third-order valence-electron chi connectivity index (χ3n) is 4.45. The molecule has 1 aliphatic rings. The molecule has 1 atom stereocenters. The van der Waals surface area contributed by atoms with Crippen molar-refractivity contribution >= 4 is 11.8 Å². The minimum atomic E-state index is -1.19. The molecule has 0 spiro atoms. The summed E-state index contributed by atoms with van der Waals surface area (Å²) in [6, 6.07) is 7.95. The zero-order chi connectivity index (χ0) is 18.7. The summed E-state index contributed by atoms with van der Waals surface area (Å²) in [7, 11) is 0. The molecule has 26 heavy (non-hydrogen) atoms. The van der Waals surface area contributed by atoms with Gasteiger partial charge in [-0.05, 0) is 42.7 Å². The summed E-state index contributed by atoms with van der Waals surface area (Å²) in [4.78, 5) is 30.1. The number of aromatic nitrogens is 1. The van der Waals surface area contributed by atoms with Crippen LogP contribution in [-0.4, -0.2) is 47.0 Å². The van der Waals surface area contributed by atoms with Gasteiger partial charge in [0.15, 0.2) is 5.60 Å². The lowest BCUT2D eigenvalue weighted by Gasteiger charge is -2.38. The monoisotopic (exact) mass is 357 g/mol. The van der Waals surface area contributed by atoms with E-state index < -0.39 is 11.5 Å². The van der Waals surface area contributed by atoms with Crippen molar-refractivity contribution in [3.05, 3.63) is 65.2 Å². The Morgan fingerprint density at radius 3 is 2.69 bits per heavy atom. The fraction of sp³-hybridized carbons (Fsp3) is 0.316. The van der Waals surface area contributed by atoms with Crippen molar-refractivity contribution in [3.8, 4) is 0 Å². The molecule has 1 saturated heterocycles. The molecule has 0 unspecified atom stereocenters. The van der Waals surface area contributed by atoms with Crippen molar-refractivity contribution in [1.29, 1.82) is 0 Å². The number of benzene rings is 1. The maximum Gasteiger partial charge on any atom is 0.255 e. The zero-order valence-corrected chi connectivity index (χ0v) is 14.4. The Morgan fingerprint density at radius 2 is 2.00 bits per heavy atom. The van der Waals surface area contributed by atoms with Gasteiger partial charge in [-0.2, -0.15) is 0 Å². The van der Waals surface area contributed by atoms with Gasteiger partial charge in [0.25, 0.3) is 11.8 Å². The molecule has 3 rings (SSSR count). The van der Waals surface area contributed by atoms with Gasteiger partial charge in [-0.1, -0.05) is 12.1 Å². The van der Waals surface area contributed by atoms with Gasteiger partial charge < -0.3 is 15.4 Å². The molecule has 1 aromatic heterocycles. The molecule has 2 amide bonds. The number of halogens is 1. The lowest BCUT2D eigenvalue weighted by molar-refractivity contribution is -0.150. The van der Waals surface area contributed by atoms with Crippen LogP contribution in [0.15, 0.2) is 42.7 Å². The van der Waals surface area contributed by atoms with Crippen LogP contribution in [-0.2, 0) is 16.0 Å². The number of ether oxygens (including phenoxy) is 1. The predicted molar refractivity (Wildman–Crippen MR) is 92.9 cm³/mol. The Morgan fingerprint density at radius 1 is 1.27 bits per heavy atom. The number of hydrogen-bond acceptors (Lipinski definition) is 4. The van der Waals surface area contributed by atoms with Gasteiger partial charge in [-0.3, -0.25) is 14.6 Å². The van der Waals surface area contributed by atoms with Gasteiger partial charge in [-0.15, -0.1) is 0 Å². The molecule has 2 N–H and O–H groups in total. The summed E-state index contributed by atoms with van der Waals surface area (Å²) < 4.78 is 18.5. The van der Waals surface area contributed by atoms with Crippen molar-refractivity contribution < 1.29 is 18.7 Å². The molecule has 1 aliphatic heterocycles. The fourth-order valence-electron chi connectivity index (χ4n) is 2.91. The Hall–Kier alpha value is -2.80. The Bertz CT molecular complexity index is 825. The molecule has 7 heteroatoms. The van der Waals surface area contributed by atoms with Gasteiger partial charge in [0.2, 0.25) is 0 Å². The third-order valence-corrected chi connectivity index (χ3v) is 4.45. The van der Waals surface area contributed by atoms with Crippen molar-refractivity contribution in [2.24, 2.45) is 5.73 Å². The fourth-order valence-corrected chi connectivity index (χ4v) is 2.91. The van der Waals surface area contributed by atoms with Crippen LogP contribution < -0.4 is 5.73 Å². The van der Waals surface area contributed by atoms with Crippen LogP contribution in [0, 0.1) is 5.82 Å². The van der Waals surface area contributed by atoms with E-state index in [0.717, 1.165) is 11.1 Å². The molecule has 0 saturated carbocycles. The van der Waals surface area contributed by atoms with E-state index in [1.807, 2.05) is 0 Å². The predicted octanol–water partition coefficient (Wildman–Crippen LogP) is 1.53. The highest BCUT2D eigenvalue weighted by Crippen LogP contribution is 2.20. The van der Waals surface area contributed by atoms with Crippen molar-refractivity contribution in [2.75, 3.05) is 19.7 Å². The maximum atomic E-state index is 13.0. The molecule has 0 aliphatic carbocycles. The number of nitrogens with two attached hydrogens (primary N) is 1. The smallest absolute Gasteiger partial charge is 0.255 e. The van der Waals surface area contributed by atoms with E-state index in [2.05, 4.69) is 4.98 Å². The Labute approximate surface area is 150 Å². The summed E-state index contributed by atoms with van der Waals surface area (Å²) >= 11 is 0. The van der Waals surface area contributed by atoms with Crippen LogP contribution in [0.1, 0.15) is 28.4 Å². The molecular weight excluding hydrogens is 337 g/mol. The van der Waals surface area contributed by atoms with Gasteiger partial charge in [0.1, 0.15) is 5.82 Å². The number of nitrogens with zero attached hydrogens (tertiary/aromatic N) is 2. The van der Waals surface area contributed by atoms with Crippen molar-refractivity contribution in [2.45, 2.75) is 18.9 Å². The number of amides is 2. The number of pyridine rings is 1. The van der Waals surface area contributed by atoms with E-state index in [1.165, 1.54) is 18.3 Å². The quantitative estimate of drug-likeness (QED) is 0.899.